The van der Waals surface area contributed by atoms with E-state index in [1.807, 2.05) is 0 Å². The summed E-state index contributed by atoms with van der Waals surface area (Å²) in [4.78, 5) is 2.64. The number of fused-ring (bicyclic) bond motifs is 1. The molecule has 0 spiro atoms. The highest BCUT2D eigenvalue weighted by Crippen LogP contribution is 2.31. The van der Waals surface area contributed by atoms with Crippen molar-refractivity contribution >= 4 is 11.8 Å². The topological polar surface area (TPSA) is 15.3 Å². The molecule has 3 rings (SSSR count). The Labute approximate surface area is 133 Å². The van der Waals surface area contributed by atoms with Crippen molar-refractivity contribution in [1.82, 2.24) is 10.2 Å². The quantitative estimate of drug-likeness (QED) is 0.835. The molecule has 1 saturated heterocycles. The molecule has 2 heterocycles. The fourth-order valence-corrected chi connectivity index (χ4v) is 4.55. The van der Waals surface area contributed by atoms with Crippen LogP contribution in [0.3, 0.4) is 0 Å². The van der Waals surface area contributed by atoms with E-state index in [2.05, 4.69) is 53.2 Å². The first-order chi connectivity index (χ1) is 10.3. The number of nitrogens with one attached hydrogen (secondary N) is 1. The second-order valence-corrected chi connectivity index (χ2v) is 7.63. The van der Waals surface area contributed by atoms with E-state index in [1.165, 1.54) is 61.5 Å². The van der Waals surface area contributed by atoms with Gasteiger partial charge in [0.25, 0.3) is 0 Å². The lowest BCUT2D eigenvalue weighted by atomic mass is 9.99. The van der Waals surface area contributed by atoms with Gasteiger partial charge in [-0.25, -0.2) is 0 Å². The van der Waals surface area contributed by atoms with Crippen LogP contribution in [0.25, 0.3) is 0 Å². The molecule has 2 nitrogen and oxygen atoms in total. The van der Waals surface area contributed by atoms with E-state index < -0.39 is 0 Å². The summed E-state index contributed by atoms with van der Waals surface area (Å²) in [7, 11) is 0. The van der Waals surface area contributed by atoms with Gasteiger partial charge in [-0.1, -0.05) is 31.2 Å². The van der Waals surface area contributed by atoms with Crippen molar-refractivity contribution in [2.24, 2.45) is 5.92 Å². The highest BCUT2D eigenvalue weighted by molar-refractivity contribution is 7.98. The van der Waals surface area contributed by atoms with Crippen molar-refractivity contribution in [3.63, 3.8) is 0 Å². The Kier molecular flexibility index (Phi) is 5.61. The molecule has 21 heavy (non-hydrogen) atoms. The van der Waals surface area contributed by atoms with Crippen molar-refractivity contribution in [3.05, 3.63) is 35.4 Å². The fourth-order valence-electron chi connectivity index (χ4n) is 3.42. The van der Waals surface area contributed by atoms with E-state index in [1.54, 1.807) is 0 Å². The molecule has 2 aliphatic rings. The maximum atomic E-state index is 3.78. The van der Waals surface area contributed by atoms with Crippen molar-refractivity contribution in [3.8, 4) is 0 Å². The van der Waals surface area contributed by atoms with Crippen LogP contribution < -0.4 is 5.32 Å². The van der Waals surface area contributed by atoms with Crippen molar-refractivity contribution in [2.75, 3.05) is 31.9 Å². The third-order valence-electron chi connectivity index (χ3n) is 4.89. The number of benzene rings is 1. The maximum absolute atomic E-state index is 3.78. The zero-order valence-corrected chi connectivity index (χ0v) is 14.0. The average molecular weight is 305 g/mol. The Morgan fingerprint density at radius 3 is 2.90 bits per heavy atom. The molecule has 1 aromatic carbocycles. The molecule has 0 radical (unpaired) electrons. The lowest BCUT2D eigenvalue weighted by Gasteiger charge is -2.30. The van der Waals surface area contributed by atoms with Crippen LogP contribution in [0.1, 0.15) is 43.4 Å². The average Bonchev–Trinajstić information content (AvgIpc) is 2.53. The van der Waals surface area contributed by atoms with E-state index >= 15 is 0 Å². The van der Waals surface area contributed by atoms with Gasteiger partial charge in [-0.05, 0) is 62.5 Å². The van der Waals surface area contributed by atoms with Gasteiger partial charge >= 0.3 is 0 Å². The molecule has 3 heteroatoms. The van der Waals surface area contributed by atoms with Gasteiger partial charge in [0.2, 0.25) is 0 Å². The second kappa shape index (κ2) is 7.66. The summed E-state index contributed by atoms with van der Waals surface area (Å²) in [5.74, 6) is 3.34. The minimum Gasteiger partial charge on any atom is -0.309 e. The Bertz CT molecular complexity index is 441. The second-order valence-electron chi connectivity index (χ2n) is 6.60. The van der Waals surface area contributed by atoms with E-state index in [0.29, 0.717) is 6.04 Å². The Morgan fingerprint density at radius 1 is 1.24 bits per heavy atom. The molecule has 0 aliphatic carbocycles. The minimum atomic E-state index is 0.557. The van der Waals surface area contributed by atoms with Crippen molar-refractivity contribution < 1.29 is 0 Å². The van der Waals surface area contributed by atoms with Crippen LogP contribution in [-0.2, 0) is 5.75 Å². The summed E-state index contributed by atoms with van der Waals surface area (Å²) in [5.41, 5.74) is 3.05. The van der Waals surface area contributed by atoms with E-state index in [4.69, 9.17) is 0 Å². The number of likely N-dealkylation sites (tertiary alicyclic amines) is 1. The molecular weight excluding hydrogens is 276 g/mol. The molecule has 1 fully saturated rings. The van der Waals surface area contributed by atoms with E-state index in [-0.39, 0.29) is 0 Å². The first kappa shape index (κ1) is 15.4. The van der Waals surface area contributed by atoms with Crippen molar-refractivity contribution in [2.45, 2.75) is 38.0 Å². The third kappa shape index (κ3) is 4.24. The summed E-state index contributed by atoms with van der Waals surface area (Å²) in [5, 5.41) is 3.78. The highest BCUT2D eigenvalue weighted by Gasteiger charge is 2.19. The summed E-state index contributed by atoms with van der Waals surface area (Å²) in [6.07, 6.45) is 4.05. The Morgan fingerprint density at radius 2 is 2.05 bits per heavy atom. The molecule has 0 bridgehead atoms. The van der Waals surface area contributed by atoms with Crippen LogP contribution >= 0.6 is 11.8 Å². The normalized spacial score (nSPS) is 24.0. The van der Waals surface area contributed by atoms with Crippen LogP contribution in [0.5, 0.6) is 0 Å². The predicted octanol–water partition coefficient (Wildman–Crippen LogP) is 3.69. The van der Waals surface area contributed by atoms with Gasteiger partial charge in [0, 0.05) is 17.5 Å². The SMILES string of the molecule is CC1CCN(CCCNC2CSCc3ccccc32)CC1. The molecule has 1 aromatic rings. The molecule has 116 valence electrons. The van der Waals surface area contributed by atoms with Crippen LogP contribution in [0.2, 0.25) is 0 Å². The first-order valence-electron chi connectivity index (χ1n) is 8.44. The fraction of sp³-hybridized carbons (Fsp3) is 0.667. The molecule has 1 atom stereocenters. The molecule has 1 unspecified atom stereocenters. The van der Waals surface area contributed by atoms with E-state index in [9.17, 15) is 0 Å². The van der Waals surface area contributed by atoms with Crippen LogP contribution in [0, 0.1) is 5.92 Å². The number of thioether (sulfide) groups is 1. The number of hydrogen-bond acceptors (Lipinski definition) is 3. The van der Waals surface area contributed by atoms with E-state index in [0.717, 1.165) is 12.5 Å². The number of rotatable bonds is 5. The third-order valence-corrected chi connectivity index (χ3v) is 5.97. The summed E-state index contributed by atoms with van der Waals surface area (Å²) in [6.45, 7) is 7.41. The van der Waals surface area contributed by atoms with Gasteiger partial charge in [0.05, 0.1) is 0 Å². The first-order valence-corrected chi connectivity index (χ1v) is 9.59. The molecule has 0 amide bonds. The highest BCUT2D eigenvalue weighted by atomic mass is 32.2. The van der Waals surface area contributed by atoms with Gasteiger partial charge < -0.3 is 10.2 Å². The van der Waals surface area contributed by atoms with Crippen LogP contribution in [0.4, 0.5) is 0 Å². The zero-order valence-electron chi connectivity index (χ0n) is 13.2. The number of hydrogen-bond donors (Lipinski definition) is 1. The van der Waals surface area contributed by atoms with Crippen molar-refractivity contribution in [1.29, 1.82) is 0 Å². The number of piperidine rings is 1. The molecular formula is C18H28N2S. The monoisotopic (exact) mass is 304 g/mol. The summed E-state index contributed by atoms with van der Waals surface area (Å²) in [6, 6.07) is 9.49. The van der Waals surface area contributed by atoms with Gasteiger partial charge in [-0.15, -0.1) is 0 Å². The zero-order chi connectivity index (χ0) is 14.5. The van der Waals surface area contributed by atoms with Gasteiger partial charge in [-0.2, -0.15) is 11.8 Å². The van der Waals surface area contributed by atoms with Gasteiger partial charge in [0.15, 0.2) is 0 Å². The predicted molar refractivity (Wildman–Crippen MR) is 92.8 cm³/mol. The summed E-state index contributed by atoms with van der Waals surface area (Å²) >= 11 is 2.06. The van der Waals surface area contributed by atoms with Gasteiger partial charge in [-0.3, -0.25) is 0 Å². The molecule has 2 aliphatic heterocycles. The van der Waals surface area contributed by atoms with Gasteiger partial charge in [0.1, 0.15) is 0 Å². The smallest absolute Gasteiger partial charge is 0.0415 e. The van der Waals surface area contributed by atoms with Crippen LogP contribution in [-0.4, -0.2) is 36.8 Å². The largest absolute Gasteiger partial charge is 0.309 e. The summed E-state index contributed by atoms with van der Waals surface area (Å²) < 4.78 is 0. The maximum Gasteiger partial charge on any atom is 0.0415 e. The molecule has 0 saturated carbocycles. The Hall–Kier alpha value is -0.510. The lowest BCUT2D eigenvalue weighted by molar-refractivity contribution is 0.190. The molecule has 0 aromatic heterocycles. The lowest BCUT2D eigenvalue weighted by Crippen LogP contribution is -2.35. The Balaban J connectivity index is 1.40. The number of nitrogens with zero attached hydrogens (tertiary/aromatic N) is 1. The van der Waals surface area contributed by atoms with Crippen LogP contribution in [0.15, 0.2) is 24.3 Å². The standard InChI is InChI=1S/C18H28N2S/c1-15-7-11-20(12-8-15)10-4-9-19-18-14-21-13-16-5-2-3-6-17(16)18/h2-3,5-6,15,18-19H,4,7-14H2,1H3. The molecule has 1 N–H and O–H groups in total. The minimum absolute atomic E-state index is 0.557.